The topological polar surface area (TPSA) is 71.1 Å². The lowest BCUT2D eigenvalue weighted by Gasteiger charge is -2.13. The molecule has 33 heavy (non-hydrogen) atoms. The summed E-state index contributed by atoms with van der Waals surface area (Å²) < 4.78 is 35.9. The van der Waals surface area contributed by atoms with Crippen LogP contribution in [0.5, 0.6) is 23.0 Å². The number of ketones is 1. The van der Waals surface area contributed by atoms with Crippen molar-refractivity contribution in [2.75, 3.05) is 14.2 Å². The zero-order chi connectivity index (χ0) is 23.7. The van der Waals surface area contributed by atoms with Gasteiger partial charge in [-0.15, -0.1) is 0 Å². The normalized spacial score (nSPS) is 13.5. The molecule has 0 aromatic heterocycles. The number of methoxy groups -OCH3 is 2. The average Bonchev–Trinajstić information content (AvgIpc) is 3.11. The number of aryl methyl sites for hydroxylation is 1. The van der Waals surface area contributed by atoms with Gasteiger partial charge in [0.2, 0.25) is 5.78 Å². The molecule has 168 valence electrons. The van der Waals surface area contributed by atoms with Gasteiger partial charge in [-0.3, -0.25) is 4.79 Å². The van der Waals surface area contributed by atoms with Crippen LogP contribution in [0.1, 0.15) is 31.8 Å². The number of benzene rings is 3. The molecule has 0 saturated carbocycles. The second kappa shape index (κ2) is 8.96. The number of carbonyl (C=O) groups excluding carboxylic acids is 2. The number of hydrogen-bond acceptors (Lipinski definition) is 6. The molecule has 0 saturated heterocycles. The molecule has 1 aliphatic rings. The van der Waals surface area contributed by atoms with Crippen LogP contribution in [0.25, 0.3) is 6.08 Å². The van der Waals surface area contributed by atoms with Crippen molar-refractivity contribution in [3.63, 3.8) is 0 Å². The van der Waals surface area contributed by atoms with Gasteiger partial charge in [0.05, 0.1) is 24.8 Å². The quantitative estimate of drug-likeness (QED) is 0.274. The summed E-state index contributed by atoms with van der Waals surface area (Å²) in [6.45, 7) is 1.68. The van der Waals surface area contributed by atoms with Crippen molar-refractivity contribution in [3.8, 4) is 23.0 Å². The third kappa shape index (κ3) is 4.15. The zero-order valence-corrected chi connectivity index (χ0v) is 18.7. The molecule has 0 atom stereocenters. The van der Waals surface area contributed by atoms with Gasteiger partial charge in [-0.05, 0) is 48.9 Å². The van der Waals surface area contributed by atoms with Gasteiger partial charge in [0, 0.05) is 11.6 Å². The Bertz CT molecular complexity index is 1270. The minimum Gasteiger partial charge on any atom is -0.496 e. The molecule has 1 heterocycles. The molecule has 3 aromatic carbocycles. The fraction of sp³-hybridized carbons (Fsp3) is 0.120. The van der Waals surface area contributed by atoms with Crippen LogP contribution >= 0.6 is 11.6 Å². The van der Waals surface area contributed by atoms with E-state index in [1.165, 1.54) is 44.6 Å². The number of rotatable bonds is 5. The fourth-order valence-corrected chi connectivity index (χ4v) is 3.74. The molecular weight excluding hydrogens is 451 g/mol. The van der Waals surface area contributed by atoms with Crippen molar-refractivity contribution < 1.29 is 32.9 Å². The van der Waals surface area contributed by atoms with Gasteiger partial charge in [0.1, 0.15) is 34.4 Å². The molecule has 0 amide bonds. The molecule has 3 aromatic rings. The summed E-state index contributed by atoms with van der Waals surface area (Å²) >= 11 is 6.06. The molecule has 0 radical (unpaired) electrons. The second-order valence-electron chi connectivity index (χ2n) is 7.12. The lowest BCUT2D eigenvalue weighted by molar-refractivity contribution is 0.0727. The second-order valence-corrected chi connectivity index (χ2v) is 7.52. The van der Waals surface area contributed by atoms with Crippen LogP contribution in [0.3, 0.4) is 0 Å². The molecule has 8 heteroatoms. The molecule has 6 nitrogen and oxygen atoms in total. The van der Waals surface area contributed by atoms with Crippen molar-refractivity contribution in [2.45, 2.75) is 6.92 Å². The molecule has 4 rings (SSSR count). The van der Waals surface area contributed by atoms with Crippen LogP contribution in [-0.2, 0) is 0 Å². The van der Waals surface area contributed by atoms with E-state index >= 15 is 0 Å². The van der Waals surface area contributed by atoms with E-state index in [-0.39, 0.29) is 44.9 Å². The number of hydrogen-bond donors (Lipinski definition) is 0. The SMILES string of the molecule is COc1cccc(OC)c1C(=O)Oc1cc(C)c2c(c1)O/C(=C\c1c(F)cccc1Cl)C2=O. The Labute approximate surface area is 194 Å². The number of allylic oxidation sites excluding steroid dienone is 1. The molecule has 0 N–H and O–H groups in total. The lowest BCUT2D eigenvalue weighted by Crippen LogP contribution is -2.12. The molecular formula is C25H18ClFO6. The van der Waals surface area contributed by atoms with E-state index in [1.54, 1.807) is 31.2 Å². The Morgan fingerprint density at radius 3 is 2.36 bits per heavy atom. The Hall–Kier alpha value is -3.84. The van der Waals surface area contributed by atoms with E-state index < -0.39 is 17.6 Å². The van der Waals surface area contributed by atoms with Crippen LogP contribution in [0.4, 0.5) is 4.39 Å². The van der Waals surface area contributed by atoms with E-state index in [1.807, 2.05) is 0 Å². The number of Topliss-reactive ketones (excluding diaryl/α,β-unsaturated/α-hetero) is 1. The Balaban J connectivity index is 1.66. The van der Waals surface area contributed by atoms with Crippen LogP contribution in [0.15, 0.2) is 54.3 Å². The third-order valence-corrected chi connectivity index (χ3v) is 5.39. The van der Waals surface area contributed by atoms with Gasteiger partial charge in [-0.1, -0.05) is 23.7 Å². The number of carbonyl (C=O) groups is 2. The van der Waals surface area contributed by atoms with Crippen molar-refractivity contribution in [1.82, 2.24) is 0 Å². The summed E-state index contributed by atoms with van der Waals surface area (Å²) in [5, 5.41) is 0.145. The molecule has 0 bridgehead atoms. The van der Waals surface area contributed by atoms with Gasteiger partial charge in [-0.2, -0.15) is 0 Å². The summed E-state index contributed by atoms with van der Waals surface area (Å²) in [4.78, 5) is 25.7. The molecule has 0 aliphatic carbocycles. The van der Waals surface area contributed by atoms with Crippen molar-refractivity contribution in [3.05, 3.63) is 87.4 Å². The van der Waals surface area contributed by atoms with E-state index in [9.17, 15) is 14.0 Å². The summed E-state index contributed by atoms with van der Waals surface area (Å²) in [5.41, 5.74) is 0.981. The maximum Gasteiger partial charge on any atom is 0.351 e. The van der Waals surface area contributed by atoms with Gasteiger partial charge < -0.3 is 18.9 Å². The van der Waals surface area contributed by atoms with Gasteiger partial charge in [0.15, 0.2) is 5.76 Å². The van der Waals surface area contributed by atoms with Crippen LogP contribution in [0.2, 0.25) is 5.02 Å². The predicted octanol–water partition coefficient (Wildman–Crippen LogP) is 5.64. The standard InChI is InChI=1S/C25H18ClFO6/c1-13-10-14(32-25(29)23-18(30-2)8-5-9-19(23)31-3)11-20-22(13)24(28)21(33-20)12-15-16(26)6-4-7-17(15)27/h4-12H,1-3H3/b21-12-. The highest BCUT2D eigenvalue weighted by molar-refractivity contribution is 6.32. The summed E-state index contributed by atoms with van der Waals surface area (Å²) in [5.74, 6) is -0.885. The highest BCUT2D eigenvalue weighted by Gasteiger charge is 2.31. The minimum absolute atomic E-state index is 0.0443. The minimum atomic E-state index is -0.707. The number of esters is 1. The van der Waals surface area contributed by atoms with Gasteiger partial charge >= 0.3 is 5.97 Å². The Kier molecular flexibility index (Phi) is 6.07. The van der Waals surface area contributed by atoms with E-state index in [2.05, 4.69) is 0 Å². The van der Waals surface area contributed by atoms with Gasteiger partial charge in [0.25, 0.3) is 0 Å². The molecule has 0 spiro atoms. The van der Waals surface area contributed by atoms with E-state index in [4.69, 9.17) is 30.5 Å². The first-order chi connectivity index (χ1) is 15.8. The van der Waals surface area contributed by atoms with Crippen LogP contribution < -0.4 is 18.9 Å². The summed E-state index contributed by atoms with van der Waals surface area (Å²) in [7, 11) is 2.86. The van der Waals surface area contributed by atoms with E-state index in [0.29, 0.717) is 11.1 Å². The Morgan fingerprint density at radius 2 is 1.73 bits per heavy atom. The maximum absolute atomic E-state index is 14.2. The average molecular weight is 469 g/mol. The number of fused-ring (bicyclic) bond motifs is 1. The first-order valence-electron chi connectivity index (χ1n) is 9.80. The predicted molar refractivity (Wildman–Crippen MR) is 120 cm³/mol. The zero-order valence-electron chi connectivity index (χ0n) is 17.9. The molecule has 0 fully saturated rings. The van der Waals surface area contributed by atoms with Crippen LogP contribution in [0, 0.1) is 12.7 Å². The molecule has 0 unspecified atom stereocenters. The van der Waals surface area contributed by atoms with Crippen molar-refractivity contribution in [1.29, 1.82) is 0 Å². The lowest BCUT2D eigenvalue weighted by atomic mass is 10.0. The van der Waals surface area contributed by atoms with E-state index in [0.717, 1.165) is 0 Å². The van der Waals surface area contributed by atoms with Crippen LogP contribution in [-0.4, -0.2) is 26.0 Å². The monoisotopic (exact) mass is 468 g/mol. The third-order valence-electron chi connectivity index (χ3n) is 5.06. The fourth-order valence-electron chi connectivity index (χ4n) is 3.53. The first-order valence-corrected chi connectivity index (χ1v) is 10.2. The first kappa shape index (κ1) is 22.4. The van der Waals surface area contributed by atoms with Gasteiger partial charge in [-0.25, -0.2) is 9.18 Å². The Morgan fingerprint density at radius 1 is 1.06 bits per heavy atom. The highest BCUT2D eigenvalue weighted by atomic mass is 35.5. The van der Waals surface area contributed by atoms with Crippen molar-refractivity contribution >= 4 is 29.4 Å². The van der Waals surface area contributed by atoms with Crippen molar-refractivity contribution in [2.24, 2.45) is 0 Å². The summed E-state index contributed by atoms with van der Waals surface area (Å²) in [6.07, 6.45) is 1.25. The largest absolute Gasteiger partial charge is 0.496 e. The molecule has 1 aliphatic heterocycles. The number of halogens is 2. The highest BCUT2D eigenvalue weighted by Crippen LogP contribution is 2.39. The summed E-state index contributed by atoms with van der Waals surface area (Å²) in [6, 6.07) is 12.1. The maximum atomic E-state index is 14.2. The number of ether oxygens (including phenoxy) is 4. The smallest absolute Gasteiger partial charge is 0.351 e.